The van der Waals surface area contributed by atoms with E-state index in [9.17, 15) is 0 Å². The molecule has 7 rings (SSSR count). The van der Waals surface area contributed by atoms with Gasteiger partial charge in [0.15, 0.2) is 0 Å². The molecule has 2 bridgehead atoms. The van der Waals surface area contributed by atoms with Gasteiger partial charge in [-0.2, -0.15) is 0 Å². The highest BCUT2D eigenvalue weighted by molar-refractivity contribution is 5.82. The van der Waals surface area contributed by atoms with E-state index < -0.39 is 0 Å². The van der Waals surface area contributed by atoms with E-state index in [1.54, 1.807) is 5.57 Å². The highest BCUT2D eigenvalue weighted by Crippen LogP contribution is 2.69. The summed E-state index contributed by atoms with van der Waals surface area (Å²) in [6.45, 7) is 9.46. The van der Waals surface area contributed by atoms with Gasteiger partial charge in [0.25, 0.3) is 0 Å². The SMILES string of the molecule is CC(C)(C)N[C@H]1CCC2=CC3=CC[C@]4(C)C(c5ccc6ccncc6c5)CC[C@H]4C34CC[C@]2(C1)O4. The molecule has 3 heterocycles. The number of fused-ring (bicyclic) bond motifs is 2. The lowest BCUT2D eigenvalue weighted by atomic mass is 9.58. The van der Waals surface area contributed by atoms with Crippen LogP contribution in [0.1, 0.15) is 90.5 Å². The molecule has 5 aliphatic rings. The number of aromatic nitrogens is 1. The monoisotopic (exact) mass is 468 g/mol. The first-order valence-electron chi connectivity index (χ1n) is 13.9. The predicted octanol–water partition coefficient (Wildman–Crippen LogP) is 7.23. The average molecular weight is 469 g/mol. The molecule has 0 radical (unpaired) electrons. The van der Waals surface area contributed by atoms with E-state index in [2.05, 4.69) is 74.4 Å². The van der Waals surface area contributed by atoms with E-state index in [1.165, 1.54) is 66.9 Å². The average Bonchev–Trinajstić information content (AvgIpc) is 3.33. The quantitative estimate of drug-likeness (QED) is 0.505. The summed E-state index contributed by atoms with van der Waals surface area (Å²) in [6.07, 6.45) is 18.7. The molecule has 3 heteroatoms. The fourth-order valence-corrected chi connectivity index (χ4v) is 9.01. The first kappa shape index (κ1) is 22.2. The summed E-state index contributed by atoms with van der Waals surface area (Å²) in [6, 6.07) is 9.77. The molecule has 3 fully saturated rings. The molecule has 3 aliphatic carbocycles. The highest BCUT2D eigenvalue weighted by Gasteiger charge is 2.66. The number of rotatable bonds is 2. The summed E-state index contributed by atoms with van der Waals surface area (Å²) in [7, 11) is 0. The van der Waals surface area contributed by atoms with Gasteiger partial charge in [0.2, 0.25) is 0 Å². The maximum absolute atomic E-state index is 7.47. The number of nitrogens with zero attached hydrogens (tertiary/aromatic N) is 1. The van der Waals surface area contributed by atoms with Crippen LogP contribution in [0.4, 0.5) is 0 Å². The third-order valence-electron chi connectivity index (χ3n) is 10.4. The van der Waals surface area contributed by atoms with E-state index in [4.69, 9.17) is 4.74 Å². The van der Waals surface area contributed by atoms with Gasteiger partial charge in [0, 0.05) is 29.4 Å². The van der Waals surface area contributed by atoms with Gasteiger partial charge in [-0.3, -0.25) is 4.98 Å². The van der Waals surface area contributed by atoms with Gasteiger partial charge in [-0.25, -0.2) is 0 Å². The Bertz CT molecular complexity index is 1250. The molecule has 2 aromatic rings. The Morgan fingerprint density at radius 3 is 2.80 bits per heavy atom. The third-order valence-corrected chi connectivity index (χ3v) is 10.4. The van der Waals surface area contributed by atoms with Crippen molar-refractivity contribution in [3.8, 4) is 0 Å². The van der Waals surface area contributed by atoms with Crippen molar-refractivity contribution in [1.82, 2.24) is 10.3 Å². The van der Waals surface area contributed by atoms with Crippen LogP contribution in [0.5, 0.6) is 0 Å². The van der Waals surface area contributed by atoms with E-state index in [-0.39, 0.29) is 22.2 Å². The van der Waals surface area contributed by atoms with Crippen LogP contribution in [0, 0.1) is 11.3 Å². The fourth-order valence-electron chi connectivity index (χ4n) is 9.01. The Kier molecular flexibility index (Phi) is 4.64. The van der Waals surface area contributed by atoms with Gasteiger partial charge in [0.1, 0.15) is 0 Å². The van der Waals surface area contributed by atoms with E-state index in [1.807, 2.05) is 12.4 Å². The summed E-state index contributed by atoms with van der Waals surface area (Å²) in [4.78, 5) is 4.39. The molecule has 6 atom stereocenters. The zero-order valence-electron chi connectivity index (χ0n) is 21.9. The van der Waals surface area contributed by atoms with Crippen LogP contribution in [0.15, 0.2) is 60.0 Å². The number of nitrogens with one attached hydrogen (secondary N) is 1. The van der Waals surface area contributed by atoms with Gasteiger partial charge in [-0.15, -0.1) is 0 Å². The number of hydrogen-bond acceptors (Lipinski definition) is 3. The molecule has 35 heavy (non-hydrogen) atoms. The first-order chi connectivity index (χ1) is 16.7. The van der Waals surface area contributed by atoms with Crippen molar-refractivity contribution in [2.75, 3.05) is 0 Å². The van der Waals surface area contributed by atoms with Crippen LogP contribution < -0.4 is 5.32 Å². The normalized spacial score (nSPS) is 40.1. The lowest BCUT2D eigenvalue weighted by Crippen LogP contribution is -2.56. The Balaban J connectivity index is 1.24. The van der Waals surface area contributed by atoms with Crippen molar-refractivity contribution in [1.29, 1.82) is 0 Å². The Morgan fingerprint density at radius 2 is 1.94 bits per heavy atom. The summed E-state index contributed by atoms with van der Waals surface area (Å²) < 4.78 is 7.47. The van der Waals surface area contributed by atoms with E-state index in [0.29, 0.717) is 17.9 Å². The minimum Gasteiger partial charge on any atom is -0.359 e. The lowest BCUT2D eigenvalue weighted by Gasteiger charge is -2.54. The van der Waals surface area contributed by atoms with Crippen molar-refractivity contribution in [3.05, 3.63) is 65.5 Å². The fraction of sp³-hybridized carbons (Fsp3) is 0.594. The molecule has 3 nitrogen and oxygen atoms in total. The predicted molar refractivity (Wildman–Crippen MR) is 142 cm³/mol. The molecule has 1 saturated heterocycles. The number of benzene rings is 1. The number of ether oxygens (including phenoxy) is 1. The Morgan fingerprint density at radius 1 is 1.06 bits per heavy atom. The first-order valence-corrected chi connectivity index (χ1v) is 13.9. The number of pyridine rings is 1. The summed E-state index contributed by atoms with van der Waals surface area (Å²) >= 11 is 0. The lowest BCUT2D eigenvalue weighted by molar-refractivity contribution is -0.136. The van der Waals surface area contributed by atoms with Crippen LogP contribution in [-0.2, 0) is 4.74 Å². The minimum atomic E-state index is -0.0761. The standard InChI is InChI=1S/C32H40N2O/c1-29(2,3)34-26-8-7-24-18-25-11-13-30(4)27(22-6-5-21-12-16-33-20-23(21)17-22)9-10-28(30)32(25)15-14-31(24,19-26)35-32/h5-6,11-12,16-18,20,26-28,34H,7-10,13-15,19H2,1-4H3/t26-,27?,28+,30+,31+,32?/m0/s1. The molecular formula is C32H40N2O. The van der Waals surface area contributed by atoms with Crippen LogP contribution >= 0.6 is 0 Å². The maximum atomic E-state index is 7.47. The Hall–Kier alpha value is -1.97. The van der Waals surface area contributed by atoms with Gasteiger partial charge in [-0.1, -0.05) is 31.2 Å². The van der Waals surface area contributed by atoms with Crippen molar-refractivity contribution < 1.29 is 4.74 Å². The zero-order valence-corrected chi connectivity index (χ0v) is 21.9. The molecule has 2 saturated carbocycles. The van der Waals surface area contributed by atoms with Crippen molar-refractivity contribution in [3.63, 3.8) is 0 Å². The smallest absolute Gasteiger partial charge is 0.0974 e. The largest absolute Gasteiger partial charge is 0.359 e. The molecule has 2 aliphatic heterocycles. The van der Waals surface area contributed by atoms with Crippen molar-refractivity contribution in [2.45, 2.75) is 108 Å². The second kappa shape index (κ2) is 7.29. The van der Waals surface area contributed by atoms with Crippen LogP contribution in [-0.4, -0.2) is 27.8 Å². The van der Waals surface area contributed by atoms with Crippen LogP contribution in [0.25, 0.3) is 10.8 Å². The van der Waals surface area contributed by atoms with Crippen LogP contribution in [0.3, 0.4) is 0 Å². The van der Waals surface area contributed by atoms with Gasteiger partial charge >= 0.3 is 0 Å². The maximum Gasteiger partial charge on any atom is 0.0974 e. The van der Waals surface area contributed by atoms with Crippen molar-refractivity contribution in [2.24, 2.45) is 11.3 Å². The molecule has 2 spiro atoms. The van der Waals surface area contributed by atoms with Gasteiger partial charge in [0.05, 0.1) is 11.2 Å². The molecular weight excluding hydrogens is 428 g/mol. The highest BCUT2D eigenvalue weighted by atomic mass is 16.5. The molecule has 1 aromatic carbocycles. The molecule has 2 unspecified atom stereocenters. The van der Waals surface area contributed by atoms with Crippen molar-refractivity contribution >= 4 is 10.8 Å². The second-order valence-electron chi connectivity index (χ2n) is 13.5. The van der Waals surface area contributed by atoms with E-state index >= 15 is 0 Å². The molecule has 184 valence electrons. The van der Waals surface area contributed by atoms with E-state index in [0.717, 1.165) is 6.42 Å². The summed E-state index contributed by atoms with van der Waals surface area (Å²) in [5.74, 6) is 1.18. The zero-order chi connectivity index (χ0) is 24.1. The van der Waals surface area contributed by atoms with Gasteiger partial charge in [-0.05, 0) is 124 Å². The van der Waals surface area contributed by atoms with Crippen LogP contribution in [0.2, 0.25) is 0 Å². The molecule has 1 N–H and O–H groups in total. The molecule has 0 amide bonds. The number of allylic oxidation sites excluding steroid dienone is 1. The summed E-state index contributed by atoms with van der Waals surface area (Å²) in [5, 5.41) is 6.46. The Labute approximate surface area is 210 Å². The molecule has 1 aromatic heterocycles. The summed E-state index contributed by atoms with van der Waals surface area (Å²) in [5.41, 5.74) is 4.88. The topological polar surface area (TPSA) is 34.2 Å². The third kappa shape index (κ3) is 3.20. The number of hydrogen-bond donors (Lipinski definition) is 1. The second-order valence-corrected chi connectivity index (χ2v) is 13.5. The minimum absolute atomic E-state index is 0.0382. The van der Waals surface area contributed by atoms with Gasteiger partial charge < -0.3 is 10.1 Å².